The number of amides is 2. The number of hydrogen-bond donors (Lipinski definition) is 1. The summed E-state index contributed by atoms with van der Waals surface area (Å²) < 4.78 is 36.3. The van der Waals surface area contributed by atoms with Crippen LogP contribution in [0.3, 0.4) is 0 Å². The molecule has 0 radical (unpaired) electrons. The maximum Gasteiger partial charge on any atom is 0.286 e. The van der Waals surface area contributed by atoms with Crippen molar-refractivity contribution in [1.29, 1.82) is 0 Å². The number of allylic oxidation sites excluding steroid dienone is 1. The lowest BCUT2D eigenvalue weighted by atomic mass is 9.68. The Morgan fingerprint density at radius 3 is 2.78 bits per heavy atom. The third-order valence-electron chi connectivity index (χ3n) is 11.7. The third-order valence-corrected chi connectivity index (χ3v) is 13.9. The molecule has 8 rings (SSSR count). The minimum Gasteiger partial charge on any atom is -0.490 e. The fraction of sp³-hybridized carbons (Fsp3) is 0.500. The number of nitrogens with zero attached hydrogens (tertiary/aromatic N) is 3. The summed E-state index contributed by atoms with van der Waals surface area (Å²) in [4.78, 5) is 29.9. The molecule has 2 aromatic carbocycles. The second kappa shape index (κ2) is 13.7. The summed E-state index contributed by atoms with van der Waals surface area (Å²) in [6, 6.07) is 13.8. The number of aryl methyl sites for hydroxylation is 1. The molecule has 270 valence electrons. The van der Waals surface area contributed by atoms with Crippen LogP contribution in [0.4, 0.5) is 5.69 Å². The fourth-order valence-corrected chi connectivity index (χ4v) is 10.8. The zero-order valence-electron chi connectivity index (χ0n) is 29.4. The normalized spacial score (nSPS) is 31.3. The smallest absolute Gasteiger partial charge is 0.286 e. The van der Waals surface area contributed by atoms with E-state index in [1.807, 2.05) is 35.9 Å². The standard InChI is InChI=1S/C40H47ClN4O5S/c1-26-5-3-7-36(49-2)33-13-8-29(33)21-45-24-40(17-4-6-27-19-31(41)10-14-34(27)40)25-50-37-15-9-28(20-35(37)45)38(46)42-51(48,23-26)43-39(47)30-16-18-44(22-30)32-11-12-32/h3,7,9-10,14-16,18-20,22,26,29,32-33,36H,4-6,8,11-13,17,21,23-25H2,1-2H3,(H,42,43,46,47,48)/b7-3+/t26-,29-,33+,36-,40-,51?/m0/s1. The first-order valence-electron chi connectivity index (χ1n) is 18.4. The average Bonchev–Trinajstić information content (AvgIpc) is 3.85. The Morgan fingerprint density at radius 2 is 2.00 bits per heavy atom. The quantitative estimate of drug-likeness (QED) is 0.279. The van der Waals surface area contributed by atoms with Crippen LogP contribution in [0.5, 0.6) is 5.75 Å². The molecule has 2 fully saturated rings. The van der Waals surface area contributed by atoms with Crippen molar-refractivity contribution in [3.05, 3.63) is 94.3 Å². The lowest BCUT2D eigenvalue weighted by Gasteiger charge is -2.46. The Morgan fingerprint density at radius 1 is 1.14 bits per heavy atom. The number of methoxy groups -OCH3 is 1. The molecule has 11 heteroatoms. The molecule has 6 atom stereocenters. The molecule has 3 aromatic rings. The molecule has 2 aliphatic heterocycles. The van der Waals surface area contributed by atoms with Gasteiger partial charge < -0.3 is 18.9 Å². The van der Waals surface area contributed by atoms with E-state index in [0.717, 1.165) is 68.7 Å². The van der Waals surface area contributed by atoms with Gasteiger partial charge in [0.25, 0.3) is 11.8 Å². The fourth-order valence-electron chi connectivity index (χ4n) is 8.72. The summed E-state index contributed by atoms with van der Waals surface area (Å²) in [5.74, 6) is 0.261. The molecule has 9 nitrogen and oxygen atoms in total. The van der Waals surface area contributed by atoms with Crippen molar-refractivity contribution >= 4 is 39.0 Å². The van der Waals surface area contributed by atoms with Gasteiger partial charge in [-0.2, -0.15) is 0 Å². The second-order valence-electron chi connectivity index (χ2n) is 15.5. The summed E-state index contributed by atoms with van der Waals surface area (Å²) in [5, 5.41) is 0.746. The lowest BCUT2D eigenvalue weighted by Crippen LogP contribution is -2.49. The molecule has 2 amide bonds. The Labute approximate surface area is 306 Å². The molecule has 2 saturated carbocycles. The van der Waals surface area contributed by atoms with E-state index in [-0.39, 0.29) is 23.2 Å². The predicted octanol–water partition coefficient (Wildman–Crippen LogP) is 7.54. The SMILES string of the molecule is CO[C@H]1/C=C/C[C@H](C)CS(=O)(NC(=O)c2ccn(C3CC3)c2)=NC(=O)c2ccc3c(c2)N(C[C@@H]2CC[C@H]21)C[C@@]1(CCCc2cc(Cl)ccc21)CO3. The number of anilines is 1. The van der Waals surface area contributed by atoms with Crippen molar-refractivity contribution in [2.75, 3.05) is 37.5 Å². The summed E-state index contributed by atoms with van der Waals surface area (Å²) in [5.41, 5.74) is 3.86. The van der Waals surface area contributed by atoms with E-state index in [0.29, 0.717) is 47.8 Å². The van der Waals surface area contributed by atoms with Gasteiger partial charge in [0.1, 0.15) is 15.7 Å². The number of rotatable bonds is 4. The number of benzene rings is 2. The van der Waals surface area contributed by atoms with Gasteiger partial charge in [-0.15, -0.1) is 4.36 Å². The van der Waals surface area contributed by atoms with Gasteiger partial charge in [-0.25, -0.2) is 4.21 Å². The summed E-state index contributed by atoms with van der Waals surface area (Å²) in [7, 11) is -1.72. The van der Waals surface area contributed by atoms with Crippen molar-refractivity contribution in [3.8, 4) is 5.75 Å². The van der Waals surface area contributed by atoms with Crippen molar-refractivity contribution < 1.29 is 23.3 Å². The number of carbonyl (C=O) groups is 2. The van der Waals surface area contributed by atoms with Gasteiger partial charge in [-0.05, 0) is 117 Å². The van der Waals surface area contributed by atoms with E-state index >= 15 is 0 Å². The van der Waals surface area contributed by atoms with E-state index in [2.05, 4.69) is 38.3 Å². The number of fused-ring (bicyclic) bond motifs is 4. The predicted molar refractivity (Wildman–Crippen MR) is 200 cm³/mol. The van der Waals surface area contributed by atoms with Crippen LogP contribution in [0.1, 0.15) is 89.8 Å². The molecule has 0 saturated heterocycles. The van der Waals surface area contributed by atoms with E-state index in [1.165, 1.54) is 11.1 Å². The summed E-state index contributed by atoms with van der Waals surface area (Å²) in [6.45, 7) is 4.00. The number of ether oxygens (including phenoxy) is 2. The van der Waals surface area contributed by atoms with Gasteiger partial charge in [0.15, 0.2) is 0 Å². The first-order chi connectivity index (χ1) is 24.6. The topological polar surface area (TPSA) is 102 Å². The molecule has 3 aliphatic carbocycles. The molecule has 3 heterocycles. The molecule has 1 spiro atoms. The van der Waals surface area contributed by atoms with E-state index in [4.69, 9.17) is 21.1 Å². The van der Waals surface area contributed by atoms with Crippen LogP contribution >= 0.6 is 11.6 Å². The van der Waals surface area contributed by atoms with Gasteiger partial charge in [0.05, 0.1) is 29.7 Å². The molecular formula is C40H47ClN4O5S. The number of carbonyl (C=O) groups excluding carboxylic acids is 2. The van der Waals surface area contributed by atoms with Gasteiger partial charge in [0, 0.05) is 54.6 Å². The van der Waals surface area contributed by atoms with Gasteiger partial charge in [-0.1, -0.05) is 36.7 Å². The zero-order chi connectivity index (χ0) is 35.3. The number of hydrogen-bond acceptors (Lipinski definition) is 6. The van der Waals surface area contributed by atoms with Crippen LogP contribution in [0.15, 0.2) is 71.4 Å². The zero-order valence-corrected chi connectivity index (χ0v) is 31.0. The minimum atomic E-state index is -3.49. The van der Waals surface area contributed by atoms with Crippen molar-refractivity contribution in [2.24, 2.45) is 22.1 Å². The Balaban J connectivity index is 1.18. The molecule has 51 heavy (non-hydrogen) atoms. The molecule has 1 unspecified atom stereocenters. The van der Waals surface area contributed by atoms with Gasteiger partial charge in [-0.3, -0.25) is 14.3 Å². The first kappa shape index (κ1) is 34.5. The molecular weight excluding hydrogens is 684 g/mol. The highest BCUT2D eigenvalue weighted by Crippen LogP contribution is 2.47. The lowest BCUT2D eigenvalue weighted by molar-refractivity contribution is 0.0131. The van der Waals surface area contributed by atoms with Crippen LogP contribution in [0.2, 0.25) is 5.02 Å². The van der Waals surface area contributed by atoms with E-state index in [1.54, 1.807) is 25.4 Å². The number of nitrogens with one attached hydrogen (secondary N) is 1. The Hall–Kier alpha value is -3.60. The van der Waals surface area contributed by atoms with E-state index < -0.39 is 21.7 Å². The minimum absolute atomic E-state index is 0.0357. The highest BCUT2D eigenvalue weighted by atomic mass is 35.5. The highest BCUT2D eigenvalue weighted by molar-refractivity contribution is 7.92. The Bertz CT molecular complexity index is 2000. The van der Waals surface area contributed by atoms with Crippen molar-refractivity contribution in [2.45, 2.75) is 75.9 Å². The second-order valence-corrected chi connectivity index (χ2v) is 17.9. The van der Waals surface area contributed by atoms with Crippen LogP contribution in [-0.2, 0) is 26.5 Å². The van der Waals surface area contributed by atoms with Crippen LogP contribution in [-0.4, -0.2) is 59.3 Å². The third kappa shape index (κ3) is 6.99. The van der Waals surface area contributed by atoms with Crippen LogP contribution in [0, 0.1) is 17.8 Å². The highest BCUT2D eigenvalue weighted by Gasteiger charge is 2.44. The van der Waals surface area contributed by atoms with Crippen molar-refractivity contribution in [3.63, 3.8) is 0 Å². The van der Waals surface area contributed by atoms with Gasteiger partial charge >= 0.3 is 0 Å². The number of aromatic nitrogens is 1. The molecule has 2 bridgehead atoms. The Kier molecular flexibility index (Phi) is 9.30. The molecule has 1 aromatic heterocycles. The number of halogens is 1. The summed E-state index contributed by atoms with van der Waals surface area (Å²) >= 11 is 6.46. The summed E-state index contributed by atoms with van der Waals surface area (Å²) in [6.07, 6.45) is 15.8. The van der Waals surface area contributed by atoms with Crippen LogP contribution < -0.4 is 14.4 Å². The van der Waals surface area contributed by atoms with Crippen LogP contribution in [0.25, 0.3) is 0 Å². The largest absolute Gasteiger partial charge is 0.490 e. The molecule has 1 N–H and O–H groups in total. The van der Waals surface area contributed by atoms with Gasteiger partial charge in [0.2, 0.25) is 0 Å². The molecule has 5 aliphatic rings. The maximum absolute atomic E-state index is 14.6. The van der Waals surface area contributed by atoms with Crippen molar-refractivity contribution in [1.82, 2.24) is 9.29 Å². The average molecular weight is 731 g/mol. The monoisotopic (exact) mass is 730 g/mol. The first-order valence-corrected chi connectivity index (χ1v) is 20.5. The maximum atomic E-state index is 14.6. The van der Waals surface area contributed by atoms with E-state index in [9.17, 15) is 13.8 Å².